The summed E-state index contributed by atoms with van der Waals surface area (Å²) in [5.41, 5.74) is 7.70. The molecular weight excluding hydrogens is 334 g/mol. The van der Waals surface area contributed by atoms with Crippen LogP contribution in [0.5, 0.6) is 23.0 Å². The van der Waals surface area contributed by atoms with Crippen molar-refractivity contribution in [1.82, 2.24) is 0 Å². The largest absolute Gasteiger partial charge is 0.493 e. The lowest BCUT2D eigenvalue weighted by Crippen LogP contribution is -2.22. The molecule has 0 saturated carbocycles. The zero-order valence-electron chi connectivity index (χ0n) is 15.5. The van der Waals surface area contributed by atoms with Crippen LogP contribution in [0.2, 0.25) is 0 Å². The lowest BCUT2D eigenvalue weighted by Gasteiger charge is -2.12. The third kappa shape index (κ3) is 4.95. The van der Waals surface area contributed by atoms with E-state index in [1.807, 2.05) is 31.2 Å². The molecule has 0 atom stereocenters. The second-order valence-corrected chi connectivity index (χ2v) is 5.31. The van der Waals surface area contributed by atoms with Crippen molar-refractivity contribution in [3.63, 3.8) is 0 Å². The summed E-state index contributed by atoms with van der Waals surface area (Å²) in [6, 6.07) is 11.1. The number of hydrogen-bond acceptors (Lipinski definition) is 5. The highest BCUT2D eigenvalue weighted by atomic mass is 16.5. The predicted octanol–water partition coefficient (Wildman–Crippen LogP) is 3.04. The zero-order valence-corrected chi connectivity index (χ0v) is 15.5. The third-order valence-corrected chi connectivity index (χ3v) is 3.62. The molecule has 0 amide bonds. The number of ether oxygens (including phenoxy) is 4. The molecule has 26 heavy (non-hydrogen) atoms. The Kier molecular flexibility index (Phi) is 6.96. The molecule has 0 radical (unpaired) electrons. The number of nitrogens with two attached hydrogens (primary N) is 1. The summed E-state index contributed by atoms with van der Waals surface area (Å²) in [6.07, 6.45) is 0. The normalized spacial score (nSPS) is 11.0. The Hall–Kier alpha value is -3.09. The van der Waals surface area contributed by atoms with E-state index in [1.54, 1.807) is 33.5 Å². The molecule has 7 heteroatoms. The molecule has 0 aromatic heterocycles. The van der Waals surface area contributed by atoms with E-state index in [2.05, 4.69) is 10.3 Å². The number of anilines is 1. The van der Waals surface area contributed by atoms with Crippen molar-refractivity contribution in [3.8, 4) is 23.0 Å². The molecule has 0 aliphatic rings. The van der Waals surface area contributed by atoms with E-state index in [-0.39, 0.29) is 0 Å². The highest BCUT2D eigenvalue weighted by Crippen LogP contribution is 2.30. The van der Waals surface area contributed by atoms with Gasteiger partial charge < -0.3 is 30.0 Å². The second kappa shape index (κ2) is 9.41. The molecule has 0 unspecified atom stereocenters. The van der Waals surface area contributed by atoms with E-state index < -0.39 is 0 Å². The molecule has 0 spiro atoms. The van der Waals surface area contributed by atoms with Gasteiger partial charge in [0.15, 0.2) is 29.0 Å². The lowest BCUT2D eigenvalue weighted by molar-refractivity contribution is 0.310. The maximum absolute atomic E-state index is 5.98. The van der Waals surface area contributed by atoms with Crippen LogP contribution in [0.3, 0.4) is 0 Å². The summed E-state index contributed by atoms with van der Waals surface area (Å²) >= 11 is 0. The van der Waals surface area contributed by atoms with Crippen molar-refractivity contribution in [3.05, 3.63) is 42.0 Å². The van der Waals surface area contributed by atoms with Gasteiger partial charge in [-0.3, -0.25) is 0 Å². The van der Waals surface area contributed by atoms with Gasteiger partial charge in [-0.05, 0) is 36.8 Å². The van der Waals surface area contributed by atoms with Crippen LogP contribution in [0.25, 0.3) is 0 Å². The fourth-order valence-corrected chi connectivity index (χ4v) is 2.37. The van der Waals surface area contributed by atoms with Gasteiger partial charge in [-0.1, -0.05) is 6.07 Å². The minimum atomic E-state index is 0.297. The molecule has 0 saturated heterocycles. The Morgan fingerprint density at radius 2 is 1.58 bits per heavy atom. The molecule has 140 valence electrons. The molecule has 0 aliphatic carbocycles. The van der Waals surface area contributed by atoms with E-state index in [1.165, 1.54) is 0 Å². The van der Waals surface area contributed by atoms with Gasteiger partial charge in [-0.15, -0.1) is 0 Å². The van der Waals surface area contributed by atoms with Crippen LogP contribution in [0.15, 0.2) is 41.4 Å². The van der Waals surface area contributed by atoms with Crippen LogP contribution in [0, 0.1) is 0 Å². The van der Waals surface area contributed by atoms with Crippen LogP contribution < -0.4 is 30.0 Å². The highest BCUT2D eigenvalue weighted by molar-refractivity contribution is 5.92. The molecule has 0 aliphatic heterocycles. The molecule has 3 N–H and O–H groups in total. The predicted molar refractivity (Wildman–Crippen MR) is 103 cm³/mol. The first kappa shape index (κ1) is 19.2. The number of hydrogen-bond donors (Lipinski definition) is 2. The quantitative estimate of drug-likeness (QED) is 0.556. The molecule has 0 bridgehead atoms. The maximum atomic E-state index is 5.98. The van der Waals surface area contributed by atoms with Crippen LogP contribution >= 0.6 is 0 Å². The van der Waals surface area contributed by atoms with Crippen molar-refractivity contribution >= 4 is 11.6 Å². The first-order valence-electron chi connectivity index (χ1n) is 8.20. The molecule has 2 aromatic carbocycles. The summed E-state index contributed by atoms with van der Waals surface area (Å²) < 4.78 is 21.3. The SMILES string of the molecule is CCOc1cc(CN=C(N)Nc2ccc(OC)c(OC)c2)ccc1OC. The van der Waals surface area contributed by atoms with Gasteiger partial charge >= 0.3 is 0 Å². The Morgan fingerprint density at radius 3 is 2.23 bits per heavy atom. The van der Waals surface area contributed by atoms with E-state index in [0.29, 0.717) is 42.1 Å². The second-order valence-electron chi connectivity index (χ2n) is 5.31. The number of aliphatic imine (C=N–C) groups is 1. The smallest absolute Gasteiger partial charge is 0.193 e. The van der Waals surface area contributed by atoms with Crippen molar-refractivity contribution in [2.24, 2.45) is 10.7 Å². The standard InChI is InChI=1S/C19H25N3O4/c1-5-26-18-10-13(6-8-16(18)24-3)12-21-19(20)22-14-7-9-15(23-2)17(11-14)25-4/h6-11H,5,12H2,1-4H3,(H3,20,21,22). The minimum absolute atomic E-state index is 0.297. The summed E-state index contributed by atoms with van der Waals surface area (Å²) in [7, 11) is 4.78. The molecule has 7 nitrogen and oxygen atoms in total. The van der Waals surface area contributed by atoms with E-state index in [9.17, 15) is 0 Å². The van der Waals surface area contributed by atoms with Gasteiger partial charge in [0.05, 0.1) is 34.5 Å². The summed E-state index contributed by atoms with van der Waals surface area (Å²) in [6.45, 7) is 2.90. The molecular formula is C19H25N3O4. The number of nitrogens with one attached hydrogen (secondary N) is 1. The summed E-state index contributed by atoms with van der Waals surface area (Å²) in [5.74, 6) is 2.94. The Morgan fingerprint density at radius 1 is 0.923 bits per heavy atom. The molecule has 2 aromatic rings. The first-order chi connectivity index (χ1) is 12.6. The Labute approximate surface area is 153 Å². The van der Waals surface area contributed by atoms with Crippen molar-refractivity contribution in [2.75, 3.05) is 33.3 Å². The third-order valence-electron chi connectivity index (χ3n) is 3.62. The fourth-order valence-electron chi connectivity index (χ4n) is 2.37. The molecule has 0 heterocycles. The monoisotopic (exact) mass is 359 g/mol. The summed E-state index contributed by atoms with van der Waals surface area (Å²) in [4.78, 5) is 4.36. The minimum Gasteiger partial charge on any atom is -0.493 e. The zero-order chi connectivity index (χ0) is 18.9. The first-order valence-corrected chi connectivity index (χ1v) is 8.20. The van der Waals surface area contributed by atoms with Crippen LogP contribution in [-0.2, 0) is 6.54 Å². The van der Waals surface area contributed by atoms with Gasteiger partial charge in [-0.2, -0.15) is 0 Å². The van der Waals surface area contributed by atoms with Gasteiger partial charge in [0.1, 0.15) is 0 Å². The maximum Gasteiger partial charge on any atom is 0.193 e. The van der Waals surface area contributed by atoms with Gasteiger partial charge in [0.25, 0.3) is 0 Å². The number of nitrogens with zero attached hydrogens (tertiary/aromatic N) is 1. The van der Waals surface area contributed by atoms with Gasteiger partial charge in [-0.25, -0.2) is 4.99 Å². The Balaban J connectivity index is 2.07. The van der Waals surface area contributed by atoms with E-state index in [0.717, 1.165) is 11.3 Å². The average molecular weight is 359 g/mol. The van der Waals surface area contributed by atoms with Crippen molar-refractivity contribution in [2.45, 2.75) is 13.5 Å². The number of rotatable bonds is 8. The number of methoxy groups -OCH3 is 3. The number of guanidine groups is 1. The Bertz CT molecular complexity index is 762. The highest BCUT2D eigenvalue weighted by Gasteiger charge is 2.07. The fraction of sp³-hybridized carbons (Fsp3) is 0.316. The van der Waals surface area contributed by atoms with E-state index in [4.69, 9.17) is 24.7 Å². The van der Waals surface area contributed by atoms with Crippen LogP contribution in [0.1, 0.15) is 12.5 Å². The topological polar surface area (TPSA) is 87.3 Å². The molecule has 0 fully saturated rings. The van der Waals surface area contributed by atoms with Crippen LogP contribution in [-0.4, -0.2) is 33.9 Å². The lowest BCUT2D eigenvalue weighted by atomic mass is 10.2. The number of benzene rings is 2. The van der Waals surface area contributed by atoms with E-state index >= 15 is 0 Å². The van der Waals surface area contributed by atoms with Crippen LogP contribution in [0.4, 0.5) is 5.69 Å². The van der Waals surface area contributed by atoms with Gasteiger partial charge in [0.2, 0.25) is 0 Å². The molecule has 2 rings (SSSR count). The van der Waals surface area contributed by atoms with Gasteiger partial charge in [0, 0.05) is 11.8 Å². The van der Waals surface area contributed by atoms with Crippen molar-refractivity contribution < 1.29 is 18.9 Å². The van der Waals surface area contributed by atoms with Crippen molar-refractivity contribution in [1.29, 1.82) is 0 Å². The average Bonchev–Trinajstić information content (AvgIpc) is 2.66. The summed E-state index contributed by atoms with van der Waals surface area (Å²) in [5, 5.41) is 3.04.